The minimum absolute atomic E-state index is 0.00273. The fraction of sp³-hybridized carbons (Fsp3) is 0.926. The smallest absolute Gasteiger partial charge is 0.306 e. The molecule has 0 bridgehead atoms. The lowest BCUT2D eigenvalue weighted by Crippen LogP contribution is -2.23. The topological polar surface area (TPSA) is 105 Å². The van der Waals surface area contributed by atoms with Crippen LogP contribution in [0.1, 0.15) is 298 Å². The number of ether oxygens (including phenoxy) is 4. The number of carbonyl (C=O) groups is 4. The summed E-state index contributed by atoms with van der Waals surface area (Å²) in [5.41, 5.74) is -0.137. The van der Waals surface area contributed by atoms with Gasteiger partial charge in [0, 0.05) is 25.7 Å². The van der Waals surface area contributed by atoms with Crippen molar-refractivity contribution in [3.8, 4) is 0 Å². The maximum Gasteiger partial charge on any atom is 0.306 e. The average Bonchev–Trinajstić information content (AvgIpc) is 3.98. The van der Waals surface area contributed by atoms with Crippen molar-refractivity contribution in [1.29, 1.82) is 0 Å². The summed E-state index contributed by atoms with van der Waals surface area (Å²) in [6.07, 6.45) is 49.7. The van der Waals surface area contributed by atoms with Gasteiger partial charge in [0.1, 0.15) is 23.9 Å². The van der Waals surface area contributed by atoms with Gasteiger partial charge in [-0.15, -0.1) is 0 Å². The third-order valence-electron chi connectivity index (χ3n) is 13.1. The third-order valence-corrected chi connectivity index (χ3v) is 13.1. The van der Waals surface area contributed by atoms with E-state index in [2.05, 4.69) is 34.6 Å². The number of rotatable bonds is 32. The summed E-state index contributed by atoms with van der Waals surface area (Å²) in [6, 6.07) is 0. The molecule has 0 aromatic heterocycles. The van der Waals surface area contributed by atoms with Crippen LogP contribution in [0.5, 0.6) is 0 Å². The molecule has 4 heterocycles. The number of unbranched alkanes of at least 4 members (excludes halogenated alkanes) is 24. The molecule has 0 aromatic carbocycles. The molecule has 0 aromatic rings. The van der Waals surface area contributed by atoms with Crippen LogP contribution in [0.25, 0.3) is 0 Å². The molecule has 0 N–H and O–H groups in total. The largest absolute Gasteiger partial charge is 0.462 e. The van der Waals surface area contributed by atoms with Crippen LogP contribution < -0.4 is 0 Å². The minimum Gasteiger partial charge on any atom is -0.462 e. The molecular formula is C54H100O8. The molecule has 4 aliphatic heterocycles. The molecular weight excluding hydrogens is 777 g/mol. The molecule has 4 fully saturated rings. The van der Waals surface area contributed by atoms with Gasteiger partial charge in [-0.3, -0.25) is 19.2 Å². The molecule has 8 nitrogen and oxygen atoms in total. The van der Waals surface area contributed by atoms with E-state index < -0.39 is 0 Å². The molecule has 4 saturated heterocycles. The van der Waals surface area contributed by atoms with Gasteiger partial charge in [0.25, 0.3) is 0 Å². The summed E-state index contributed by atoms with van der Waals surface area (Å²) in [5, 5.41) is 0. The van der Waals surface area contributed by atoms with Gasteiger partial charge in [0.2, 0.25) is 0 Å². The van der Waals surface area contributed by atoms with E-state index in [9.17, 15) is 19.2 Å². The lowest BCUT2D eigenvalue weighted by Gasteiger charge is -2.22. The Bertz CT molecular complexity index is 1090. The second-order valence-corrected chi connectivity index (χ2v) is 19.3. The normalized spacial score (nSPS) is 21.7. The van der Waals surface area contributed by atoms with Gasteiger partial charge in [-0.2, -0.15) is 0 Å². The van der Waals surface area contributed by atoms with E-state index in [1.54, 1.807) is 0 Å². The summed E-state index contributed by atoms with van der Waals surface area (Å²) in [4.78, 5) is 43.8. The van der Waals surface area contributed by atoms with E-state index >= 15 is 0 Å². The first kappa shape index (κ1) is 57.9. The van der Waals surface area contributed by atoms with Gasteiger partial charge >= 0.3 is 23.9 Å². The lowest BCUT2D eigenvalue weighted by atomic mass is 9.95. The summed E-state index contributed by atoms with van der Waals surface area (Å²) in [5.74, 6) is 0.00944. The minimum atomic E-state index is -0.137. The highest BCUT2D eigenvalue weighted by molar-refractivity contribution is 5.72. The van der Waals surface area contributed by atoms with Crippen LogP contribution in [-0.2, 0) is 38.1 Å². The molecule has 4 rings (SSSR count). The maximum absolute atomic E-state index is 11.1. The Kier molecular flexibility index (Phi) is 37.7. The van der Waals surface area contributed by atoms with Crippen molar-refractivity contribution in [3.63, 3.8) is 0 Å². The fourth-order valence-electron chi connectivity index (χ4n) is 8.92. The Morgan fingerprint density at radius 1 is 0.387 bits per heavy atom. The quantitative estimate of drug-likeness (QED) is 0.0374. The van der Waals surface area contributed by atoms with E-state index in [-0.39, 0.29) is 47.8 Å². The molecule has 0 spiro atoms. The number of carbonyl (C=O) groups excluding carboxylic acids is 4. The van der Waals surface area contributed by atoms with E-state index in [0.717, 1.165) is 57.8 Å². The molecule has 4 unspecified atom stereocenters. The molecule has 0 radical (unpaired) electrons. The van der Waals surface area contributed by atoms with Crippen molar-refractivity contribution < 1.29 is 38.1 Å². The van der Waals surface area contributed by atoms with E-state index in [4.69, 9.17) is 18.9 Å². The van der Waals surface area contributed by atoms with Crippen LogP contribution in [0, 0.1) is 0 Å². The Hall–Kier alpha value is -2.12. The summed E-state index contributed by atoms with van der Waals surface area (Å²) >= 11 is 0. The average molecular weight is 877 g/mol. The molecule has 4 aliphatic rings. The molecule has 364 valence electrons. The van der Waals surface area contributed by atoms with Crippen molar-refractivity contribution in [3.05, 3.63) is 0 Å². The van der Waals surface area contributed by atoms with E-state index in [1.165, 1.54) is 180 Å². The van der Waals surface area contributed by atoms with Crippen LogP contribution in [0.3, 0.4) is 0 Å². The van der Waals surface area contributed by atoms with Crippen molar-refractivity contribution in [1.82, 2.24) is 0 Å². The predicted octanol–water partition coefficient (Wildman–Crippen LogP) is 16.1. The third kappa shape index (κ3) is 34.3. The monoisotopic (exact) mass is 877 g/mol. The first-order valence-corrected chi connectivity index (χ1v) is 26.9. The standard InChI is InChI=1S/2C14H26O2.2C13H24O2/c1-2-3-4-5-6-7-8-10-13-11-9-12-14(15)16-13;1-2-3-4-5-6-7-8-9-10-13-11-12-14(15)16-13;1-3-4-5-6-7-8-10-13(2)11-9-12(14)15-13;1-2-3-4-5-6-7-8-9-12-10-11-13(14)15-12/h2*13H,2-12H2,1H3;3-11H2,1-2H3;12H,2-11H2,1H3. The number of esters is 4. The lowest BCUT2D eigenvalue weighted by molar-refractivity contribution is -0.154. The van der Waals surface area contributed by atoms with Crippen LogP contribution >= 0.6 is 0 Å². The Labute approximate surface area is 382 Å². The number of hydrogen-bond acceptors (Lipinski definition) is 8. The predicted molar refractivity (Wildman–Crippen MR) is 256 cm³/mol. The summed E-state index contributed by atoms with van der Waals surface area (Å²) in [7, 11) is 0. The van der Waals surface area contributed by atoms with Crippen LogP contribution in [-0.4, -0.2) is 47.8 Å². The number of cyclic esters (lactones) is 4. The van der Waals surface area contributed by atoms with Crippen molar-refractivity contribution in [2.24, 2.45) is 0 Å². The Morgan fingerprint density at radius 2 is 0.710 bits per heavy atom. The first-order chi connectivity index (χ1) is 30.1. The molecule has 4 atom stereocenters. The van der Waals surface area contributed by atoms with Crippen LogP contribution in [0.15, 0.2) is 0 Å². The van der Waals surface area contributed by atoms with Gasteiger partial charge in [-0.05, 0) is 90.4 Å². The summed E-state index contributed by atoms with van der Waals surface area (Å²) < 4.78 is 21.0. The maximum atomic E-state index is 11.1. The molecule has 0 saturated carbocycles. The highest BCUT2D eigenvalue weighted by atomic mass is 16.6. The van der Waals surface area contributed by atoms with Crippen molar-refractivity contribution >= 4 is 23.9 Å². The molecule has 8 heteroatoms. The molecule has 0 amide bonds. The first-order valence-electron chi connectivity index (χ1n) is 26.9. The SMILES string of the molecule is CCCCCCCCC1(C)CCC(=O)O1.CCCCCCCCCC1CCC(=O)O1.CCCCCCCCCC1CCCC(=O)O1.CCCCCCCCCCC1CCC(=O)O1. The Balaban J connectivity index is 0.000000414. The summed E-state index contributed by atoms with van der Waals surface area (Å²) in [6.45, 7) is 11.1. The van der Waals surface area contributed by atoms with Gasteiger partial charge in [0.05, 0.1) is 0 Å². The van der Waals surface area contributed by atoms with Gasteiger partial charge < -0.3 is 18.9 Å². The van der Waals surface area contributed by atoms with Crippen LogP contribution in [0.4, 0.5) is 0 Å². The molecule has 0 aliphatic carbocycles. The zero-order chi connectivity index (χ0) is 45.4. The highest BCUT2D eigenvalue weighted by Gasteiger charge is 2.34. The van der Waals surface area contributed by atoms with Crippen molar-refractivity contribution in [2.45, 2.75) is 322 Å². The second kappa shape index (κ2) is 40.4. The van der Waals surface area contributed by atoms with Gasteiger partial charge in [-0.25, -0.2) is 0 Å². The van der Waals surface area contributed by atoms with E-state index in [1.807, 2.05) is 0 Å². The fourth-order valence-corrected chi connectivity index (χ4v) is 8.92. The van der Waals surface area contributed by atoms with Gasteiger partial charge in [-0.1, -0.05) is 182 Å². The molecule has 62 heavy (non-hydrogen) atoms. The van der Waals surface area contributed by atoms with Crippen LogP contribution in [0.2, 0.25) is 0 Å². The second-order valence-electron chi connectivity index (χ2n) is 19.3. The highest BCUT2D eigenvalue weighted by Crippen LogP contribution is 2.31. The number of hydrogen-bond donors (Lipinski definition) is 0. The van der Waals surface area contributed by atoms with Gasteiger partial charge in [0.15, 0.2) is 0 Å². The zero-order valence-electron chi connectivity index (χ0n) is 41.5. The Morgan fingerprint density at radius 3 is 1.03 bits per heavy atom. The van der Waals surface area contributed by atoms with Crippen molar-refractivity contribution in [2.75, 3.05) is 0 Å². The zero-order valence-corrected chi connectivity index (χ0v) is 41.5. The van der Waals surface area contributed by atoms with E-state index in [0.29, 0.717) is 25.7 Å².